The minimum atomic E-state index is 0.166. The van der Waals surface area contributed by atoms with Crippen molar-refractivity contribution < 1.29 is 5.21 Å². The van der Waals surface area contributed by atoms with E-state index in [-0.39, 0.29) is 5.84 Å². The van der Waals surface area contributed by atoms with E-state index in [2.05, 4.69) is 32.9 Å². The zero-order chi connectivity index (χ0) is 13.8. The van der Waals surface area contributed by atoms with Gasteiger partial charge < -0.3 is 15.8 Å². The molecule has 0 bridgehead atoms. The van der Waals surface area contributed by atoms with Gasteiger partial charge in [0, 0.05) is 28.8 Å². The second-order valence-corrected chi connectivity index (χ2v) is 6.09. The van der Waals surface area contributed by atoms with E-state index in [1.165, 1.54) is 19.3 Å². The highest BCUT2D eigenvalue weighted by Crippen LogP contribution is 2.28. The second-order valence-electron chi connectivity index (χ2n) is 5.17. The molecule has 4 nitrogen and oxygen atoms in total. The quantitative estimate of drug-likeness (QED) is 0.380. The van der Waals surface area contributed by atoms with Crippen LogP contribution in [0.25, 0.3) is 0 Å². The number of hydrogen-bond acceptors (Lipinski definition) is 3. The normalized spacial score (nSPS) is 21.3. The first-order chi connectivity index (χ1) is 9.11. The standard InChI is InChI=1S/C14H20BrN3O/c1-10-3-2-7-18(8-6-10)13-9-11(15)4-5-12(13)14(16)17-19/h4-5,9-10,19H,2-3,6-8H2,1H3,(H2,16,17). The first-order valence-corrected chi connectivity index (χ1v) is 7.43. The summed E-state index contributed by atoms with van der Waals surface area (Å²) in [5.74, 6) is 0.934. The lowest BCUT2D eigenvalue weighted by Gasteiger charge is -2.25. The van der Waals surface area contributed by atoms with E-state index in [1.54, 1.807) is 0 Å². The summed E-state index contributed by atoms with van der Waals surface area (Å²) in [6.07, 6.45) is 3.63. The first kappa shape index (κ1) is 14.2. The lowest BCUT2D eigenvalue weighted by molar-refractivity contribution is 0.318. The minimum absolute atomic E-state index is 0.166. The van der Waals surface area contributed by atoms with Gasteiger partial charge in [-0.05, 0) is 43.4 Å². The lowest BCUT2D eigenvalue weighted by Crippen LogP contribution is -2.27. The molecule has 1 aromatic carbocycles. The van der Waals surface area contributed by atoms with Crippen molar-refractivity contribution in [3.05, 3.63) is 28.2 Å². The summed E-state index contributed by atoms with van der Waals surface area (Å²) in [5, 5.41) is 12.0. The molecule has 3 N–H and O–H groups in total. The third kappa shape index (κ3) is 3.41. The summed E-state index contributed by atoms with van der Waals surface area (Å²) in [5.41, 5.74) is 7.61. The van der Waals surface area contributed by atoms with E-state index in [9.17, 15) is 0 Å². The summed E-state index contributed by atoms with van der Waals surface area (Å²) in [7, 11) is 0. The number of nitrogens with zero attached hydrogens (tertiary/aromatic N) is 2. The van der Waals surface area contributed by atoms with Gasteiger partial charge in [-0.2, -0.15) is 0 Å². The third-order valence-electron chi connectivity index (χ3n) is 3.70. The van der Waals surface area contributed by atoms with Crippen molar-refractivity contribution in [1.29, 1.82) is 0 Å². The number of halogens is 1. The van der Waals surface area contributed by atoms with Gasteiger partial charge in [-0.15, -0.1) is 0 Å². The van der Waals surface area contributed by atoms with Crippen LogP contribution in [0.4, 0.5) is 5.69 Å². The minimum Gasteiger partial charge on any atom is -0.409 e. The molecule has 0 amide bonds. The molecule has 1 heterocycles. The van der Waals surface area contributed by atoms with Crippen LogP contribution in [-0.4, -0.2) is 24.1 Å². The van der Waals surface area contributed by atoms with Crippen LogP contribution in [0.5, 0.6) is 0 Å². The first-order valence-electron chi connectivity index (χ1n) is 6.64. The zero-order valence-corrected chi connectivity index (χ0v) is 12.7. The molecule has 1 fully saturated rings. The molecule has 0 spiro atoms. The number of benzene rings is 1. The van der Waals surface area contributed by atoms with Crippen LogP contribution < -0.4 is 10.6 Å². The molecule has 2 rings (SSSR count). The number of nitrogens with two attached hydrogens (primary N) is 1. The summed E-state index contributed by atoms with van der Waals surface area (Å²) in [6, 6.07) is 5.85. The van der Waals surface area contributed by atoms with Crippen LogP contribution in [0.15, 0.2) is 27.8 Å². The Kier molecular flexibility index (Phi) is 4.69. The van der Waals surface area contributed by atoms with Crippen molar-refractivity contribution >= 4 is 27.5 Å². The highest BCUT2D eigenvalue weighted by Gasteiger charge is 2.18. The molecule has 0 aliphatic carbocycles. The van der Waals surface area contributed by atoms with E-state index in [4.69, 9.17) is 10.9 Å². The Morgan fingerprint density at radius 3 is 2.95 bits per heavy atom. The Labute approximate surface area is 122 Å². The van der Waals surface area contributed by atoms with Gasteiger partial charge in [0.15, 0.2) is 5.84 Å². The molecule has 0 radical (unpaired) electrons. The molecule has 0 aromatic heterocycles. The van der Waals surface area contributed by atoms with E-state index in [0.717, 1.165) is 34.7 Å². The Hall–Kier alpha value is -1.23. The Balaban J connectivity index is 2.34. The number of amidine groups is 1. The summed E-state index contributed by atoms with van der Waals surface area (Å²) >= 11 is 3.50. The average Bonchev–Trinajstić information content (AvgIpc) is 2.62. The van der Waals surface area contributed by atoms with Gasteiger partial charge in [-0.3, -0.25) is 0 Å². The van der Waals surface area contributed by atoms with E-state index in [1.807, 2.05) is 18.2 Å². The van der Waals surface area contributed by atoms with Gasteiger partial charge >= 0.3 is 0 Å². The maximum Gasteiger partial charge on any atom is 0.172 e. The number of hydrogen-bond donors (Lipinski definition) is 2. The summed E-state index contributed by atoms with van der Waals surface area (Å²) in [6.45, 7) is 4.34. The Bertz CT molecular complexity index is 476. The van der Waals surface area contributed by atoms with Gasteiger partial charge in [0.1, 0.15) is 0 Å². The zero-order valence-electron chi connectivity index (χ0n) is 11.1. The smallest absolute Gasteiger partial charge is 0.172 e. The topological polar surface area (TPSA) is 61.8 Å². The largest absolute Gasteiger partial charge is 0.409 e. The molecule has 1 saturated heterocycles. The fourth-order valence-corrected chi connectivity index (χ4v) is 2.89. The summed E-state index contributed by atoms with van der Waals surface area (Å²) in [4.78, 5) is 2.33. The molecule has 1 aliphatic rings. The van der Waals surface area contributed by atoms with Crippen LogP contribution in [0.3, 0.4) is 0 Å². The Morgan fingerprint density at radius 2 is 2.21 bits per heavy atom. The van der Waals surface area contributed by atoms with Crippen LogP contribution in [0, 0.1) is 5.92 Å². The van der Waals surface area contributed by atoms with Crippen LogP contribution in [0.2, 0.25) is 0 Å². The molecule has 5 heteroatoms. The van der Waals surface area contributed by atoms with Gasteiger partial charge in [0.2, 0.25) is 0 Å². The fraction of sp³-hybridized carbons (Fsp3) is 0.500. The molecule has 1 unspecified atom stereocenters. The molecule has 104 valence electrons. The molecule has 1 atom stereocenters. The molecular formula is C14H20BrN3O. The van der Waals surface area contributed by atoms with Crippen molar-refractivity contribution in [2.75, 3.05) is 18.0 Å². The van der Waals surface area contributed by atoms with Crippen LogP contribution in [0.1, 0.15) is 31.7 Å². The van der Waals surface area contributed by atoms with Gasteiger partial charge in [0.25, 0.3) is 0 Å². The fourth-order valence-electron chi connectivity index (χ4n) is 2.54. The van der Waals surface area contributed by atoms with Gasteiger partial charge in [0.05, 0.1) is 0 Å². The maximum absolute atomic E-state index is 8.91. The molecule has 1 aliphatic heterocycles. The van der Waals surface area contributed by atoms with Crippen LogP contribution >= 0.6 is 15.9 Å². The average molecular weight is 326 g/mol. The van der Waals surface area contributed by atoms with Crippen molar-refractivity contribution in [1.82, 2.24) is 0 Å². The molecule has 19 heavy (non-hydrogen) atoms. The second kappa shape index (κ2) is 6.28. The van der Waals surface area contributed by atoms with E-state index >= 15 is 0 Å². The van der Waals surface area contributed by atoms with Gasteiger partial charge in [-0.25, -0.2) is 0 Å². The van der Waals surface area contributed by atoms with Gasteiger partial charge in [-0.1, -0.05) is 28.0 Å². The van der Waals surface area contributed by atoms with Crippen molar-refractivity contribution in [3.8, 4) is 0 Å². The number of rotatable bonds is 2. The molecule has 1 aromatic rings. The van der Waals surface area contributed by atoms with E-state index in [0.29, 0.717) is 0 Å². The van der Waals surface area contributed by atoms with E-state index < -0.39 is 0 Å². The third-order valence-corrected chi connectivity index (χ3v) is 4.19. The SMILES string of the molecule is CC1CCCN(c2cc(Br)ccc2/C(N)=N/O)CC1. The Morgan fingerprint density at radius 1 is 1.42 bits per heavy atom. The highest BCUT2D eigenvalue weighted by molar-refractivity contribution is 9.10. The van der Waals surface area contributed by atoms with Crippen molar-refractivity contribution in [3.63, 3.8) is 0 Å². The maximum atomic E-state index is 8.91. The van der Waals surface area contributed by atoms with Crippen molar-refractivity contribution in [2.24, 2.45) is 16.8 Å². The lowest BCUT2D eigenvalue weighted by atomic mass is 10.0. The predicted octanol–water partition coefficient (Wildman–Crippen LogP) is 3.17. The van der Waals surface area contributed by atoms with Crippen molar-refractivity contribution in [2.45, 2.75) is 26.2 Å². The number of anilines is 1. The number of oxime groups is 1. The predicted molar refractivity (Wildman–Crippen MR) is 81.9 cm³/mol. The molecular weight excluding hydrogens is 306 g/mol. The van der Waals surface area contributed by atoms with Crippen LogP contribution in [-0.2, 0) is 0 Å². The molecule has 0 saturated carbocycles. The summed E-state index contributed by atoms with van der Waals surface area (Å²) < 4.78 is 1.01. The monoisotopic (exact) mass is 325 g/mol. The highest BCUT2D eigenvalue weighted by atomic mass is 79.9.